The second-order valence-corrected chi connectivity index (χ2v) is 8.45. The smallest absolute Gasteiger partial charge is 0.248 e. The van der Waals surface area contributed by atoms with Gasteiger partial charge in [0.05, 0.1) is 12.8 Å². The van der Waals surface area contributed by atoms with Crippen LogP contribution in [-0.4, -0.2) is 28.0 Å². The molecule has 1 N–H and O–H groups in total. The molecule has 7 nitrogen and oxygen atoms in total. The van der Waals surface area contributed by atoms with Crippen LogP contribution in [0, 0.1) is 0 Å². The van der Waals surface area contributed by atoms with Crippen molar-refractivity contribution in [2.45, 2.75) is 0 Å². The highest BCUT2D eigenvalue weighted by Crippen LogP contribution is 2.29. The summed E-state index contributed by atoms with van der Waals surface area (Å²) in [4.78, 5) is 14.0. The lowest BCUT2D eigenvalue weighted by Gasteiger charge is -2.01. The van der Waals surface area contributed by atoms with E-state index in [4.69, 9.17) is 32.4 Å². The molecular weight excluding hydrogens is 487 g/mol. The maximum Gasteiger partial charge on any atom is 0.248 e. The Morgan fingerprint density at radius 3 is 2.43 bits per heavy atom. The average Bonchev–Trinajstić information content (AvgIpc) is 3.49. The van der Waals surface area contributed by atoms with E-state index in [9.17, 15) is 4.79 Å². The number of halogens is 2. The number of rotatable bonds is 6. The molecule has 0 unspecified atom stereocenters. The zero-order chi connectivity index (χ0) is 24.4. The lowest BCUT2D eigenvalue weighted by atomic mass is 10.2. The van der Waals surface area contributed by atoms with Crippen LogP contribution in [0.25, 0.3) is 34.1 Å². The monoisotopic (exact) mass is 504 g/mol. The molecule has 1 amide bonds. The normalized spacial score (nSPS) is 11.3. The largest absolute Gasteiger partial charge is 0.497 e. The van der Waals surface area contributed by atoms with E-state index in [-0.39, 0.29) is 5.91 Å². The number of methoxy groups -OCH3 is 1. The van der Waals surface area contributed by atoms with Crippen LogP contribution in [0.4, 0.5) is 5.69 Å². The number of anilines is 1. The summed E-state index contributed by atoms with van der Waals surface area (Å²) < 4.78 is 11.0. The highest BCUT2D eigenvalue weighted by molar-refractivity contribution is 6.35. The van der Waals surface area contributed by atoms with Crippen molar-refractivity contribution in [1.82, 2.24) is 15.0 Å². The van der Waals surface area contributed by atoms with Crippen molar-refractivity contribution < 1.29 is 13.9 Å². The predicted octanol–water partition coefficient (Wildman–Crippen LogP) is 6.65. The summed E-state index contributed by atoms with van der Waals surface area (Å²) in [5, 5.41) is 12.8. The Labute approximate surface area is 210 Å². The van der Waals surface area contributed by atoms with Crippen LogP contribution in [0.3, 0.4) is 0 Å². The summed E-state index contributed by atoms with van der Waals surface area (Å²) in [6.45, 7) is 0. The molecule has 2 heterocycles. The van der Waals surface area contributed by atoms with Crippen LogP contribution >= 0.6 is 23.2 Å². The number of benzene rings is 3. The fourth-order valence-corrected chi connectivity index (χ4v) is 3.98. The Bertz CT molecular complexity index is 1530. The molecule has 0 saturated carbocycles. The molecule has 35 heavy (non-hydrogen) atoms. The number of hydrogen-bond donors (Lipinski definition) is 1. The lowest BCUT2D eigenvalue weighted by Crippen LogP contribution is -2.07. The minimum Gasteiger partial charge on any atom is -0.497 e. The Kier molecular flexibility index (Phi) is 6.27. The minimum atomic E-state index is -0.310. The van der Waals surface area contributed by atoms with Crippen LogP contribution in [-0.2, 0) is 4.79 Å². The molecule has 5 rings (SSSR count). The first-order valence-corrected chi connectivity index (χ1v) is 11.3. The molecule has 3 aromatic carbocycles. The number of amides is 1. The van der Waals surface area contributed by atoms with Crippen molar-refractivity contribution in [3.05, 3.63) is 94.7 Å². The molecule has 0 radical (unpaired) electrons. The minimum absolute atomic E-state index is 0.310. The van der Waals surface area contributed by atoms with Crippen LogP contribution in [0.5, 0.6) is 5.75 Å². The third-order valence-electron chi connectivity index (χ3n) is 5.12. The predicted molar refractivity (Wildman–Crippen MR) is 137 cm³/mol. The zero-order valence-electron chi connectivity index (χ0n) is 18.4. The molecule has 0 aliphatic carbocycles. The summed E-state index contributed by atoms with van der Waals surface area (Å²) in [6.07, 6.45) is 2.98. The molecule has 0 fully saturated rings. The maximum absolute atomic E-state index is 12.4. The third kappa shape index (κ3) is 5.21. The van der Waals surface area contributed by atoms with Crippen molar-refractivity contribution in [3.63, 3.8) is 0 Å². The standard InChI is InChI=1S/C26H18Cl2N4O3/c1-34-21-5-3-20(4-6-21)32-30-23-9-2-19(15-24(23)31-32)29-26(33)11-8-22-7-10-25(35-22)16-12-17(27)14-18(28)13-16/h2-15H,1H3,(H,29,33)/b11-8+. The van der Waals surface area contributed by atoms with E-state index in [0.29, 0.717) is 38.3 Å². The molecule has 0 aliphatic rings. The average molecular weight is 505 g/mol. The number of carbonyl (C=O) groups is 1. The third-order valence-corrected chi connectivity index (χ3v) is 5.56. The number of aromatic nitrogens is 3. The molecule has 0 atom stereocenters. The number of nitrogens with one attached hydrogen (secondary N) is 1. The Hall–Kier alpha value is -4.07. The molecule has 0 bridgehead atoms. The van der Waals surface area contributed by atoms with E-state index in [1.54, 1.807) is 61.7 Å². The number of carbonyl (C=O) groups excluding carboxylic acids is 1. The van der Waals surface area contributed by atoms with Gasteiger partial charge in [0.1, 0.15) is 28.3 Å². The van der Waals surface area contributed by atoms with Gasteiger partial charge < -0.3 is 14.5 Å². The number of hydrogen-bond acceptors (Lipinski definition) is 5. The van der Waals surface area contributed by atoms with E-state index in [1.807, 2.05) is 24.3 Å². The number of fused-ring (bicyclic) bond motifs is 1. The van der Waals surface area contributed by atoms with E-state index in [2.05, 4.69) is 15.5 Å². The van der Waals surface area contributed by atoms with Crippen molar-refractivity contribution in [2.24, 2.45) is 0 Å². The van der Waals surface area contributed by atoms with Gasteiger partial charge >= 0.3 is 0 Å². The van der Waals surface area contributed by atoms with Crippen LogP contribution in [0.2, 0.25) is 10.0 Å². The fourth-order valence-electron chi connectivity index (χ4n) is 3.46. The second-order valence-electron chi connectivity index (χ2n) is 7.57. The first kappa shape index (κ1) is 22.7. The van der Waals surface area contributed by atoms with Gasteiger partial charge in [-0.2, -0.15) is 4.80 Å². The molecule has 174 valence electrons. The molecule has 5 aromatic rings. The molecule has 0 saturated heterocycles. The van der Waals surface area contributed by atoms with Crippen LogP contribution < -0.4 is 10.1 Å². The molecule has 0 spiro atoms. The van der Waals surface area contributed by atoms with Gasteiger partial charge in [-0.25, -0.2) is 0 Å². The van der Waals surface area contributed by atoms with Crippen molar-refractivity contribution >= 4 is 51.9 Å². The van der Waals surface area contributed by atoms with E-state index in [0.717, 1.165) is 17.0 Å². The number of ether oxygens (including phenoxy) is 1. The van der Waals surface area contributed by atoms with Crippen molar-refractivity contribution in [3.8, 4) is 22.8 Å². The lowest BCUT2D eigenvalue weighted by molar-refractivity contribution is -0.111. The molecule has 0 aliphatic heterocycles. The summed E-state index contributed by atoms with van der Waals surface area (Å²) in [5.74, 6) is 1.56. The summed E-state index contributed by atoms with van der Waals surface area (Å²) in [6, 6.07) is 21.5. The zero-order valence-corrected chi connectivity index (χ0v) is 19.9. The summed E-state index contributed by atoms with van der Waals surface area (Å²) >= 11 is 12.1. The van der Waals surface area contributed by atoms with Gasteiger partial charge in [0, 0.05) is 27.4 Å². The van der Waals surface area contributed by atoms with Gasteiger partial charge in [0.15, 0.2) is 0 Å². The first-order chi connectivity index (χ1) is 17.0. The van der Waals surface area contributed by atoms with Gasteiger partial charge in [0.2, 0.25) is 5.91 Å². The molecular formula is C26H18Cl2N4O3. The topological polar surface area (TPSA) is 82.2 Å². The molecule has 2 aromatic heterocycles. The van der Waals surface area contributed by atoms with Crippen LogP contribution in [0.1, 0.15) is 5.76 Å². The number of furan rings is 1. The highest BCUT2D eigenvalue weighted by atomic mass is 35.5. The van der Waals surface area contributed by atoms with Crippen LogP contribution in [0.15, 0.2) is 83.3 Å². The SMILES string of the molecule is COc1ccc(-n2nc3ccc(NC(=O)/C=C/c4ccc(-c5cc(Cl)cc(Cl)c5)o4)cc3n2)cc1. The Morgan fingerprint density at radius 1 is 0.943 bits per heavy atom. The fraction of sp³-hybridized carbons (Fsp3) is 0.0385. The van der Waals surface area contributed by atoms with E-state index >= 15 is 0 Å². The summed E-state index contributed by atoms with van der Waals surface area (Å²) in [7, 11) is 1.61. The van der Waals surface area contributed by atoms with Gasteiger partial charge in [-0.05, 0) is 78.9 Å². The van der Waals surface area contributed by atoms with Gasteiger partial charge in [0.25, 0.3) is 0 Å². The number of nitrogens with zero attached hydrogens (tertiary/aromatic N) is 3. The van der Waals surface area contributed by atoms with Crippen molar-refractivity contribution in [2.75, 3.05) is 12.4 Å². The van der Waals surface area contributed by atoms with Gasteiger partial charge in [-0.15, -0.1) is 10.2 Å². The van der Waals surface area contributed by atoms with Gasteiger partial charge in [-0.3, -0.25) is 4.79 Å². The maximum atomic E-state index is 12.4. The quantitative estimate of drug-likeness (QED) is 0.262. The Balaban J connectivity index is 1.27. The first-order valence-electron chi connectivity index (χ1n) is 10.5. The highest BCUT2D eigenvalue weighted by Gasteiger charge is 2.09. The Morgan fingerprint density at radius 2 is 1.69 bits per heavy atom. The van der Waals surface area contributed by atoms with E-state index < -0.39 is 0 Å². The van der Waals surface area contributed by atoms with Crippen molar-refractivity contribution in [1.29, 1.82) is 0 Å². The van der Waals surface area contributed by atoms with E-state index in [1.165, 1.54) is 10.9 Å². The second kappa shape index (κ2) is 9.66. The van der Waals surface area contributed by atoms with Gasteiger partial charge in [-0.1, -0.05) is 23.2 Å². The summed E-state index contributed by atoms with van der Waals surface area (Å²) in [5.41, 5.74) is 3.51. The molecule has 9 heteroatoms.